The summed E-state index contributed by atoms with van der Waals surface area (Å²) in [6.07, 6.45) is 4.69. The second kappa shape index (κ2) is 6.17. The van der Waals surface area contributed by atoms with E-state index < -0.39 is 5.60 Å². The van der Waals surface area contributed by atoms with E-state index >= 15 is 0 Å². The standard InChI is InChI=1S/C18H23NO2/c1-14(15-10-6-5-7-11-15)16-12-8-9-13-19(16)17(20)21-18(2,3)4/h5-8,10-12,16H,1,9,13H2,2-4H3/t16-/m0/s1. The van der Waals surface area contributed by atoms with Gasteiger partial charge in [0.25, 0.3) is 0 Å². The lowest BCUT2D eigenvalue weighted by molar-refractivity contribution is 0.0230. The maximum atomic E-state index is 12.4. The van der Waals surface area contributed by atoms with Crippen LogP contribution < -0.4 is 0 Å². The average molecular weight is 285 g/mol. The highest BCUT2D eigenvalue weighted by Gasteiger charge is 2.30. The number of rotatable bonds is 2. The van der Waals surface area contributed by atoms with Gasteiger partial charge in [0.15, 0.2) is 0 Å². The first kappa shape index (κ1) is 15.4. The molecule has 0 bridgehead atoms. The van der Waals surface area contributed by atoms with E-state index in [-0.39, 0.29) is 12.1 Å². The van der Waals surface area contributed by atoms with Gasteiger partial charge in [0, 0.05) is 6.54 Å². The van der Waals surface area contributed by atoms with E-state index in [4.69, 9.17) is 4.74 Å². The molecule has 0 spiro atoms. The van der Waals surface area contributed by atoms with Crippen LogP contribution in [0, 0.1) is 0 Å². The van der Waals surface area contributed by atoms with Crippen LogP contribution in [0.3, 0.4) is 0 Å². The maximum absolute atomic E-state index is 12.4. The van der Waals surface area contributed by atoms with E-state index in [0.717, 1.165) is 17.6 Å². The van der Waals surface area contributed by atoms with Gasteiger partial charge < -0.3 is 4.74 Å². The van der Waals surface area contributed by atoms with Crippen molar-refractivity contribution in [2.45, 2.75) is 38.8 Å². The Balaban J connectivity index is 2.19. The van der Waals surface area contributed by atoms with Gasteiger partial charge in [-0.05, 0) is 38.3 Å². The molecule has 1 heterocycles. The van der Waals surface area contributed by atoms with Gasteiger partial charge in [-0.3, -0.25) is 4.90 Å². The molecule has 3 heteroatoms. The molecule has 1 amide bonds. The first-order valence-electron chi connectivity index (χ1n) is 7.29. The Morgan fingerprint density at radius 3 is 2.57 bits per heavy atom. The van der Waals surface area contributed by atoms with Gasteiger partial charge >= 0.3 is 6.09 Å². The summed E-state index contributed by atoms with van der Waals surface area (Å²) in [6.45, 7) is 10.5. The molecule has 0 unspecified atom stereocenters. The summed E-state index contributed by atoms with van der Waals surface area (Å²) in [4.78, 5) is 14.1. The fraction of sp³-hybridized carbons (Fsp3) is 0.389. The number of hydrogen-bond acceptors (Lipinski definition) is 2. The summed E-state index contributed by atoms with van der Waals surface area (Å²) >= 11 is 0. The molecule has 3 nitrogen and oxygen atoms in total. The van der Waals surface area contributed by atoms with Crippen molar-refractivity contribution in [3.8, 4) is 0 Å². The molecule has 0 saturated heterocycles. The Hall–Kier alpha value is -2.03. The normalized spacial score (nSPS) is 18.4. The van der Waals surface area contributed by atoms with Crippen LogP contribution >= 0.6 is 0 Å². The SMILES string of the molecule is C=C(c1ccccc1)[C@@H]1C=CCCN1C(=O)OC(C)(C)C. The van der Waals surface area contributed by atoms with E-state index in [9.17, 15) is 4.79 Å². The van der Waals surface area contributed by atoms with Crippen molar-refractivity contribution in [2.24, 2.45) is 0 Å². The fourth-order valence-corrected chi connectivity index (χ4v) is 2.33. The van der Waals surface area contributed by atoms with Gasteiger partial charge in [-0.25, -0.2) is 4.79 Å². The number of ether oxygens (including phenoxy) is 1. The topological polar surface area (TPSA) is 29.5 Å². The minimum absolute atomic E-state index is 0.143. The molecule has 0 aromatic heterocycles. The van der Waals surface area contributed by atoms with E-state index in [2.05, 4.69) is 12.7 Å². The lowest BCUT2D eigenvalue weighted by atomic mass is 9.96. The number of amides is 1. The minimum Gasteiger partial charge on any atom is -0.444 e. The number of nitrogens with zero attached hydrogens (tertiary/aromatic N) is 1. The lowest BCUT2D eigenvalue weighted by Gasteiger charge is -2.35. The van der Waals surface area contributed by atoms with Crippen LogP contribution in [-0.4, -0.2) is 29.2 Å². The van der Waals surface area contributed by atoms with Crippen molar-refractivity contribution >= 4 is 11.7 Å². The van der Waals surface area contributed by atoms with Gasteiger partial charge in [-0.15, -0.1) is 0 Å². The summed E-state index contributed by atoms with van der Waals surface area (Å²) in [6, 6.07) is 9.81. The largest absolute Gasteiger partial charge is 0.444 e. The zero-order valence-corrected chi connectivity index (χ0v) is 13.0. The molecule has 1 aromatic carbocycles. The monoisotopic (exact) mass is 285 g/mol. The molecule has 21 heavy (non-hydrogen) atoms. The zero-order chi connectivity index (χ0) is 15.5. The van der Waals surface area contributed by atoms with Gasteiger partial charge in [-0.2, -0.15) is 0 Å². The fourth-order valence-electron chi connectivity index (χ4n) is 2.33. The molecule has 0 fully saturated rings. The highest BCUT2D eigenvalue weighted by molar-refractivity contribution is 5.77. The van der Waals surface area contributed by atoms with Gasteiger partial charge in [0.2, 0.25) is 0 Å². The summed E-state index contributed by atoms with van der Waals surface area (Å²) in [5.74, 6) is 0. The van der Waals surface area contributed by atoms with E-state index in [1.54, 1.807) is 4.90 Å². The number of carbonyl (C=O) groups excluding carboxylic acids is 1. The molecule has 1 aliphatic heterocycles. The third-order valence-corrected chi connectivity index (χ3v) is 3.32. The highest BCUT2D eigenvalue weighted by Crippen LogP contribution is 2.26. The smallest absolute Gasteiger partial charge is 0.411 e. The Morgan fingerprint density at radius 1 is 1.29 bits per heavy atom. The first-order valence-corrected chi connectivity index (χ1v) is 7.29. The molecular formula is C18H23NO2. The van der Waals surface area contributed by atoms with Crippen LogP contribution in [0.1, 0.15) is 32.8 Å². The van der Waals surface area contributed by atoms with E-state index in [1.807, 2.05) is 57.2 Å². The lowest BCUT2D eigenvalue weighted by Crippen LogP contribution is -2.44. The van der Waals surface area contributed by atoms with Crippen molar-refractivity contribution in [1.82, 2.24) is 4.90 Å². The Morgan fingerprint density at radius 2 is 1.95 bits per heavy atom. The maximum Gasteiger partial charge on any atom is 0.411 e. The quantitative estimate of drug-likeness (QED) is 0.760. The predicted octanol–water partition coefficient (Wildman–Crippen LogP) is 4.27. The highest BCUT2D eigenvalue weighted by atomic mass is 16.6. The Kier molecular flexibility index (Phi) is 4.51. The molecule has 112 valence electrons. The van der Waals surface area contributed by atoms with Crippen molar-refractivity contribution < 1.29 is 9.53 Å². The van der Waals surface area contributed by atoms with Crippen LogP contribution in [0.5, 0.6) is 0 Å². The van der Waals surface area contributed by atoms with Crippen LogP contribution in [0.4, 0.5) is 4.79 Å². The van der Waals surface area contributed by atoms with Gasteiger partial charge in [-0.1, -0.05) is 49.1 Å². The molecule has 1 atom stereocenters. The molecule has 1 aliphatic rings. The summed E-state index contributed by atoms with van der Waals surface area (Å²) in [5.41, 5.74) is 1.47. The van der Waals surface area contributed by atoms with E-state index in [0.29, 0.717) is 6.54 Å². The summed E-state index contributed by atoms with van der Waals surface area (Å²) < 4.78 is 5.51. The zero-order valence-electron chi connectivity index (χ0n) is 13.0. The van der Waals surface area contributed by atoms with Gasteiger partial charge in [0.05, 0.1) is 6.04 Å². The molecule has 0 radical (unpaired) electrons. The molecule has 0 N–H and O–H groups in total. The number of carbonyl (C=O) groups is 1. The van der Waals surface area contributed by atoms with Crippen LogP contribution in [-0.2, 0) is 4.74 Å². The number of hydrogen-bond donors (Lipinski definition) is 0. The average Bonchev–Trinajstić information content (AvgIpc) is 2.45. The Labute approximate surface area is 126 Å². The molecule has 0 saturated carbocycles. The van der Waals surface area contributed by atoms with Crippen LogP contribution in [0.2, 0.25) is 0 Å². The molecule has 0 aliphatic carbocycles. The third-order valence-electron chi connectivity index (χ3n) is 3.32. The van der Waals surface area contributed by atoms with Crippen molar-refractivity contribution in [2.75, 3.05) is 6.54 Å². The predicted molar refractivity (Wildman–Crippen MR) is 86.0 cm³/mol. The minimum atomic E-state index is -0.489. The van der Waals surface area contributed by atoms with Crippen LogP contribution in [0.25, 0.3) is 5.57 Å². The third kappa shape index (κ3) is 3.97. The summed E-state index contributed by atoms with van der Waals surface area (Å²) in [5, 5.41) is 0. The molecular weight excluding hydrogens is 262 g/mol. The summed E-state index contributed by atoms with van der Waals surface area (Å²) in [7, 11) is 0. The second-order valence-electron chi connectivity index (χ2n) is 6.23. The Bertz CT molecular complexity index is 540. The first-order chi connectivity index (χ1) is 9.88. The van der Waals surface area contributed by atoms with Crippen molar-refractivity contribution in [3.05, 3.63) is 54.6 Å². The van der Waals surface area contributed by atoms with Crippen molar-refractivity contribution in [1.29, 1.82) is 0 Å². The van der Waals surface area contributed by atoms with Crippen molar-refractivity contribution in [3.63, 3.8) is 0 Å². The second-order valence-corrected chi connectivity index (χ2v) is 6.23. The van der Waals surface area contributed by atoms with Crippen LogP contribution in [0.15, 0.2) is 49.1 Å². The molecule has 2 rings (SSSR count). The van der Waals surface area contributed by atoms with E-state index in [1.165, 1.54) is 0 Å². The number of benzene rings is 1. The molecule has 1 aromatic rings. The van der Waals surface area contributed by atoms with Gasteiger partial charge in [0.1, 0.15) is 5.60 Å².